The molecule has 1 aliphatic rings. The smallest absolute Gasteiger partial charge is 0.109 e. The van der Waals surface area contributed by atoms with Crippen LogP contribution in [-0.2, 0) is 31.6 Å². The molecule has 194 valence electrons. The maximum atomic E-state index is 2.61. The zero-order valence-corrected chi connectivity index (χ0v) is 28.0. The van der Waals surface area contributed by atoms with Crippen molar-refractivity contribution in [2.45, 2.75) is 67.0 Å². The number of fused-ring (bicyclic) bond motifs is 1. The minimum Gasteiger partial charge on any atom is -0.168 e. The quantitative estimate of drug-likeness (QED) is 0.163. The van der Waals surface area contributed by atoms with Crippen molar-refractivity contribution < 1.29 is 26.2 Å². The molecule has 0 nitrogen and oxygen atoms in total. The van der Waals surface area contributed by atoms with Crippen molar-refractivity contribution in [2.24, 2.45) is 5.92 Å². The predicted molar refractivity (Wildman–Crippen MR) is 166 cm³/mol. The number of hydrogen-bond donors (Lipinski definition) is 0. The van der Waals surface area contributed by atoms with Gasteiger partial charge in [0.1, 0.15) is 8.07 Å². The van der Waals surface area contributed by atoms with Crippen LogP contribution in [0.4, 0.5) is 0 Å². The second-order valence-electron chi connectivity index (χ2n) is 12.6. The fraction of sp³-hybridized carbons (Fsp3) is 0.306. The molecule has 0 bridgehead atoms. The molecule has 0 amide bonds. The van der Waals surface area contributed by atoms with Gasteiger partial charge >= 0.3 is 0 Å². The van der Waals surface area contributed by atoms with Gasteiger partial charge in [0.25, 0.3) is 0 Å². The number of benzene rings is 3. The first-order chi connectivity index (χ1) is 17.4. The van der Waals surface area contributed by atoms with Crippen molar-refractivity contribution in [3.05, 3.63) is 106 Å². The van der Waals surface area contributed by atoms with Crippen LogP contribution >= 0.6 is 0 Å². The summed E-state index contributed by atoms with van der Waals surface area (Å²) < 4.78 is 0. The average Bonchev–Trinajstić information content (AvgIpc) is 3.42. The van der Waals surface area contributed by atoms with Crippen LogP contribution in [0.5, 0.6) is 0 Å². The standard InChI is InChI=1S/C36H41Si.Zr/c1-23-24(2)26(4)34(25(23)3)37(8,9)35-32(36(5,6)7)22-21-31(33(35)28-15-11-10-12-16-28)30-20-14-18-27-17-13-19-29(27)30;/h10-22,25H,1-9H3;/q-1;. The van der Waals surface area contributed by atoms with Crippen LogP contribution in [0.1, 0.15) is 54.0 Å². The summed E-state index contributed by atoms with van der Waals surface area (Å²) in [6.07, 6.45) is 0. The molecule has 0 saturated heterocycles. The molecule has 5 rings (SSSR count). The van der Waals surface area contributed by atoms with E-state index in [0.717, 1.165) is 0 Å². The second-order valence-corrected chi connectivity index (χ2v) is 16.8. The van der Waals surface area contributed by atoms with Gasteiger partial charge in [-0.25, -0.2) is 0 Å². The zero-order chi connectivity index (χ0) is 26.7. The van der Waals surface area contributed by atoms with E-state index in [4.69, 9.17) is 0 Å². The van der Waals surface area contributed by atoms with Gasteiger partial charge in [-0.1, -0.05) is 111 Å². The molecule has 0 N–H and O–H groups in total. The molecule has 0 spiro atoms. The van der Waals surface area contributed by atoms with E-state index in [-0.39, 0.29) is 31.6 Å². The molecule has 1 atom stereocenters. The van der Waals surface area contributed by atoms with E-state index in [9.17, 15) is 0 Å². The average molecular weight is 593 g/mol. The topological polar surface area (TPSA) is 0 Å². The van der Waals surface area contributed by atoms with Crippen LogP contribution in [0.2, 0.25) is 13.1 Å². The second kappa shape index (κ2) is 10.4. The van der Waals surface area contributed by atoms with E-state index in [2.05, 4.69) is 140 Å². The number of rotatable bonds is 4. The Morgan fingerprint density at radius 2 is 1.45 bits per heavy atom. The first kappa shape index (κ1) is 28.8. The van der Waals surface area contributed by atoms with E-state index in [1.807, 2.05) is 0 Å². The van der Waals surface area contributed by atoms with Gasteiger partial charge in [0.05, 0.1) is 0 Å². The Labute approximate surface area is 250 Å². The summed E-state index contributed by atoms with van der Waals surface area (Å²) >= 11 is 0. The molecule has 1 unspecified atom stereocenters. The third-order valence-electron chi connectivity index (χ3n) is 8.98. The van der Waals surface area contributed by atoms with Gasteiger partial charge in [0, 0.05) is 26.2 Å². The Kier molecular flexibility index (Phi) is 7.92. The van der Waals surface area contributed by atoms with E-state index in [0.29, 0.717) is 5.92 Å². The first-order valence-electron chi connectivity index (χ1n) is 13.7. The molecular weight excluding hydrogens is 552 g/mol. The van der Waals surface area contributed by atoms with E-state index >= 15 is 0 Å². The number of allylic oxidation sites excluding steroid dienone is 4. The first-order valence-corrected chi connectivity index (χ1v) is 16.7. The van der Waals surface area contributed by atoms with Gasteiger partial charge in [-0.15, -0.1) is 29.0 Å². The molecule has 0 saturated carbocycles. The Morgan fingerprint density at radius 1 is 0.763 bits per heavy atom. The summed E-state index contributed by atoms with van der Waals surface area (Å²) in [5.74, 6) is 0.500. The summed E-state index contributed by atoms with van der Waals surface area (Å²) in [5.41, 5.74) is 11.6. The van der Waals surface area contributed by atoms with Crippen LogP contribution in [-0.4, -0.2) is 8.07 Å². The Bertz CT molecular complexity index is 1550. The zero-order valence-electron chi connectivity index (χ0n) is 24.6. The molecule has 0 fully saturated rings. The summed E-state index contributed by atoms with van der Waals surface area (Å²) in [7, 11) is -2.12. The van der Waals surface area contributed by atoms with Gasteiger partial charge in [0.15, 0.2) is 0 Å². The fourth-order valence-corrected chi connectivity index (χ4v) is 11.6. The summed E-state index contributed by atoms with van der Waals surface area (Å²) in [6, 6.07) is 29.5. The van der Waals surface area contributed by atoms with Crippen molar-refractivity contribution in [1.82, 2.24) is 0 Å². The van der Waals surface area contributed by atoms with Crippen molar-refractivity contribution >= 4 is 24.0 Å². The van der Waals surface area contributed by atoms with Gasteiger partial charge in [-0.05, 0) is 65.1 Å². The third-order valence-corrected chi connectivity index (χ3v) is 12.9. The van der Waals surface area contributed by atoms with Crippen molar-refractivity contribution in [3.63, 3.8) is 0 Å². The van der Waals surface area contributed by atoms with Crippen LogP contribution in [0.15, 0.2) is 101 Å². The minimum atomic E-state index is -2.12. The van der Waals surface area contributed by atoms with Crippen LogP contribution < -0.4 is 5.19 Å². The van der Waals surface area contributed by atoms with E-state index in [1.54, 1.807) is 16.0 Å². The molecule has 0 heterocycles. The Hall–Kier alpha value is -2.15. The summed E-state index contributed by atoms with van der Waals surface area (Å²) in [4.78, 5) is 0. The van der Waals surface area contributed by atoms with Gasteiger partial charge in [0.2, 0.25) is 0 Å². The Morgan fingerprint density at radius 3 is 2.05 bits per heavy atom. The van der Waals surface area contributed by atoms with Crippen LogP contribution in [0, 0.1) is 5.92 Å². The monoisotopic (exact) mass is 591 g/mol. The van der Waals surface area contributed by atoms with E-state index in [1.165, 1.54) is 49.7 Å². The molecule has 0 aromatic heterocycles. The minimum absolute atomic E-state index is 0. The van der Waals surface area contributed by atoms with Crippen molar-refractivity contribution in [2.75, 3.05) is 0 Å². The maximum absolute atomic E-state index is 2.61. The number of hydrogen-bond acceptors (Lipinski definition) is 0. The van der Waals surface area contributed by atoms with Crippen molar-refractivity contribution in [1.29, 1.82) is 0 Å². The van der Waals surface area contributed by atoms with E-state index < -0.39 is 8.07 Å². The Balaban J connectivity index is 0.00000336. The normalized spacial score (nSPS) is 16.4. The molecule has 38 heavy (non-hydrogen) atoms. The molecule has 4 aromatic carbocycles. The maximum Gasteiger partial charge on any atom is 0.109 e. The molecule has 0 radical (unpaired) electrons. The molecule has 4 aromatic rings. The molecule has 2 heteroatoms. The predicted octanol–water partition coefficient (Wildman–Crippen LogP) is 9.94. The van der Waals surface area contributed by atoms with Gasteiger partial charge in [-0.3, -0.25) is 0 Å². The molecule has 1 aliphatic carbocycles. The SMILES string of the molecule is CC1=C(C)C(C)C([Si](C)(C)c2c(C(C)(C)C)ccc(-c3cccc4[cH-]ccc34)c2-c2ccccc2)=C1C.[Zr]. The summed E-state index contributed by atoms with van der Waals surface area (Å²) in [6.45, 7) is 21.9. The molecular formula is C36H41SiZr-. The van der Waals surface area contributed by atoms with Gasteiger partial charge in [-0.2, -0.15) is 12.1 Å². The largest absolute Gasteiger partial charge is 0.168 e. The summed E-state index contributed by atoms with van der Waals surface area (Å²) in [5, 5.41) is 5.96. The third kappa shape index (κ3) is 4.63. The van der Waals surface area contributed by atoms with Crippen molar-refractivity contribution in [3.8, 4) is 22.3 Å². The molecule has 0 aliphatic heterocycles. The van der Waals surface area contributed by atoms with Crippen LogP contribution in [0.3, 0.4) is 0 Å². The van der Waals surface area contributed by atoms with Crippen LogP contribution in [0.25, 0.3) is 33.0 Å². The van der Waals surface area contributed by atoms with Gasteiger partial charge < -0.3 is 0 Å². The fourth-order valence-electron chi connectivity index (χ4n) is 6.91.